The molecule has 59 heavy (non-hydrogen) atoms. The number of para-hydroxylation sites is 1. The predicted molar refractivity (Wildman–Crippen MR) is 222 cm³/mol. The van der Waals surface area contributed by atoms with Crippen LogP contribution in [0, 0.1) is 23.7 Å². The van der Waals surface area contributed by atoms with E-state index in [4.69, 9.17) is 32.7 Å². The smallest absolute Gasteiger partial charge is 0.260 e. The van der Waals surface area contributed by atoms with Crippen LogP contribution >= 0.6 is 23.2 Å². The molecule has 0 aromatic heterocycles. The molecular weight excluding hydrogens is 791 g/mol. The third-order valence-corrected chi connectivity index (χ3v) is 13.9. The number of hydrogen-bond acceptors (Lipinski definition) is 9. The van der Waals surface area contributed by atoms with Crippen molar-refractivity contribution in [2.45, 2.75) is 49.6 Å². The third kappa shape index (κ3) is 6.28. The summed E-state index contributed by atoms with van der Waals surface area (Å²) in [5, 5.41) is 13.6. The summed E-state index contributed by atoms with van der Waals surface area (Å²) in [5.41, 5.74) is 4.52. The Morgan fingerprint density at radius 1 is 0.831 bits per heavy atom. The molecule has 9 rings (SSSR count). The van der Waals surface area contributed by atoms with Crippen molar-refractivity contribution in [1.82, 2.24) is 14.8 Å². The number of anilines is 1. The van der Waals surface area contributed by atoms with Crippen molar-refractivity contribution in [3.63, 3.8) is 0 Å². The molecule has 3 aliphatic heterocycles. The number of hydrazine groups is 1. The first-order chi connectivity index (χ1) is 28.6. The highest BCUT2D eigenvalue weighted by atomic mass is 35.5. The Kier molecular flexibility index (Phi) is 10.2. The molecule has 0 bridgehead atoms. The average molecular weight is 836 g/mol. The SMILES string of the molecule is COc1ccc([C@@]23C(=O)N(Nc4ccc(Cl)cc4Cl)C(=O)[C@@H]2C[C@@H]2C(=CC[C@@H]4C(=O)N(C5CCN(Cc6ccccc6)CC5)C(=O)[C@@H]42)[C@@H]3c2cccc(OC)c2O)cc1. The second-order valence-electron chi connectivity index (χ2n) is 16.1. The number of nitrogens with zero attached hydrogens (tertiary/aromatic N) is 3. The van der Waals surface area contributed by atoms with E-state index >= 15 is 9.59 Å². The number of halogens is 2. The molecule has 11 nitrogen and oxygen atoms in total. The van der Waals surface area contributed by atoms with E-state index in [0.717, 1.165) is 30.2 Å². The first-order valence-electron chi connectivity index (χ1n) is 20.0. The van der Waals surface area contributed by atoms with Crippen LogP contribution < -0.4 is 14.9 Å². The van der Waals surface area contributed by atoms with E-state index < -0.39 is 46.8 Å². The molecule has 4 aromatic carbocycles. The average Bonchev–Trinajstić information content (AvgIpc) is 3.63. The lowest BCUT2D eigenvalue weighted by Gasteiger charge is -2.50. The van der Waals surface area contributed by atoms with E-state index in [-0.39, 0.29) is 47.2 Å². The fraction of sp³-hybridized carbons (Fsp3) is 0.348. The molecule has 3 saturated heterocycles. The van der Waals surface area contributed by atoms with Gasteiger partial charge in [-0.15, -0.1) is 0 Å². The first-order valence-corrected chi connectivity index (χ1v) is 20.8. The molecule has 6 atom stereocenters. The number of aromatic hydroxyl groups is 1. The maximum Gasteiger partial charge on any atom is 0.260 e. The van der Waals surface area contributed by atoms with Crippen molar-refractivity contribution >= 4 is 52.5 Å². The molecule has 0 radical (unpaired) electrons. The summed E-state index contributed by atoms with van der Waals surface area (Å²) >= 11 is 12.8. The Balaban J connectivity index is 1.14. The van der Waals surface area contributed by atoms with Crippen molar-refractivity contribution in [2.75, 3.05) is 32.7 Å². The summed E-state index contributed by atoms with van der Waals surface area (Å²) in [6.07, 6.45) is 3.70. The maximum atomic E-state index is 15.5. The molecule has 2 N–H and O–H groups in total. The highest BCUT2D eigenvalue weighted by Gasteiger charge is 2.71. The highest BCUT2D eigenvalue weighted by Crippen LogP contribution is 2.65. The molecule has 304 valence electrons. The van der Waals surface area contributed by atoms with E-state index in [2.05, 4.69) is 22.5 Å². The van der Waals surface area contributed by atoms with Crippen LogP contribution in [0.5, 0.6) is 17.2 Å². The zero-order chi connectivity index (χ0) is 41.2. The summed E-state index contributed by atoms with van der Waals surface area (Å²) in [4.78, 5) is 63.8. The van der Waals surface area contributed by atoms with Crippen molar-refractivity contribution in [3.05, 3.63) is 129 Å². The second kappa shape index (κ2) is 15.3. The number of imide groups is 2. The van der Waals surface area contributed by atoms with Crippen LogP contribution in [0.1, 0.15) is 48.3 Å². The normalized spacial score (nSPS) is 27.0. The number of nitrogens with one attached hydrogen (secondary N) is 1. The van der Waals surface area contributed by atoms with Gasteiger partial charge in [-0.3, -0.25) is 34.4 Å². The Hall–Kier alpha value is -5.36. The van der Waals surface area contributed by atoms with Gasteiger partial charge < -0.3 is 14.6 Å². The minimum Gasteiger partial charge on any atom is -0.504 e. The predicted octanol–water partition coefficient (Wildman–Crippen LogP) is 7.37. The van der Waals surface area contributed by atoms with Gasteiger partial charge >= 0.3 is 0 Å². The van der Waals surface area contributed by atoms with Gasteiger partial charge in [-0.2, -0.15) is 5.01 Å². The minimum atomic E-state index is -1.62. The number of likely N-dealkylation sites (tertiary alicyclic amines) is 2. The maximum absolute atomic E-state index is 15.5. The largest absolute Gasteiger partial charge is 0.504 e. The molecule has 2 aliphatic carbocycles. The van der Waals surface area contributed by atoms with E-state index in [1.807, 2.05) is 24.3 Å². The van der Waals surface area contributed by atoms with Crippen LogP contribution in [0.25, 0.3) is 0 Å². The summed E-state index contributed by atoms with van der Waals surface area (Å²) in [6.45, 7) is 2.30. The van der Waals surface area contributed by atoms with Crippen molar-refractivity contribution < 1.29 is 33.8 Å². The van der Waals surface area contributed by atoms with E-state index in [0.29, 0.717) is 40.4 Å². The van der Waals surface area contributed by atoms with E-state index in [1.165, 1.54) is 23.6 Å². The Labute approximate surface area is 352 Å². The zero-order valence-corrected chi connectivity index (χ0v) is 34.2. The topological polar surface area (TPSA) is 129 Å². The van der Waals surface area contributed by atoms with Gasteiger partial charge in [-0.25, -0.2) is 0 Å². The number of piperidine rings is 1. The number of allylic oxidation sites excluding steroid dienone is 2. The second-order valence-corrected chi connectivity index (χ2v) is 17.0. The molecule has 4 amide bonds. The number of hydrogen-bond donors (Lipinski definition) is 2. The third-order valence-electron chi connectivity index (χ3n) is 13.3. The Morgan fingerprint density at radius 3 is 2.27 bits per heavy atom. The summed E-state index contributed by atoms with van der Waals surface area (Å²) in [6, 6.07) is 26.9. The Bertz CT molecular complexity index is 2370. The molecular formula is C46H44Cl2N4O7. The summed E-state index contributed by atoms with van der Waals surface area (Å²) < 4.78 is 11.1. The Morgan fingerprint density at radius 2 is 1.58 bits per heavy atom. The van der Waals surface area contributed by atoms with Gasteiger partial charge in [0.05, 0.1) is 48.1 Å². The number of amides is 4. The lowest BCUT2D eigenvalue weighted by Crippen LogP contribution is -2.53. The zero-order valence-electron chi connectivity index (χ0n) is 32.6. The molecule has 0 unspecified atom stereocenters. The first kappa shape index (κ1) is 39.1. The fourth-order valence-corrected chi connectivity index (χ4v) is 11.1. The molecule has 4 fully saturated rings. The molecule has 1 saturated carbocycles. The monoisotopic (exact) mass is 834 g/mol. The molecule has 13 heteroatoms. The molecule has 0 spiro atoms. The van der Waals surface area contributed by atoms with Crippen LogP contribution in [-0.2, 0) is 31.1 Å². The van der Waals surface area contributed by atoms with Crippen LogP contribution in [-0.4, -0.2) is 76.9 Å². The van der Waals surface area contributed by atoms with Crippen molar-refractivity contribution in [2.24, 2.45) is 23.7 Å². The van der Waals surface area contributed by atoms with Crippen molar-refractivity contribution in [1.29, 1.82) is 0 Å². The van der Waals surface area contributed by atoms with Crippen LogP contribution in [0.4, 0.5) is 5.69 Å². The number of ether oxygens (including phenoxy) is 2. The van der Waals surface area contributed by atoms with Gasteiger partial charge in [0, 0.05) is 42.2 Å². The summed E-state index contributed by atoms with van der Waals surface area (Å²) in [5.74, 6) is -4.86. The van der Waals surface area contributed by atoms with Gasteiger partial charge in [-0.05, 0) is 79.1 Å². The number of carbonyl (C=O) groups excluding carboxylic acids is 4. The van der Waals surface area contributed by atoms with E-state index in [1.54, 1.807) is 61.7 Å². The molecule has 4 aromatic rings. The lowest BCUT2D eigenvalue weighted by atomic mass is 9.49. The van der Waals surface area contributed by atoms with Crippen LogP contribution in [0.2, 0.25) is 10.0 Å². The highest BCUT2D eigenvalue weighted by molar-refractivity contribution is 6.36. The quantitative estimate of drug-likeness (QED) is 0.131. The number of phenolic OH excluding ortho intramolecular Hbond substituents is 1. The summed E-state index contributed by atoms with van der Waals surface area (Å²) in [7, 11) is 3.00. The molecule has 3 heterocycles. The minimum absolute atomic E-state index is 0.111. The number of carbonyl (C=O) groups is 4. The number of methoxy groups -OCH3 is 2. The van der Waals surface area contributed by atoms with Gasteiger partial charge in [-0.1, -0.05) is 89.4 Å². The van der Waals surface area contributed by atoms with Gasteiger partial charge in [0.25, 0.3) is 11.8 Å². The number of benzene rings is 4. The number of phenols is 1. The van der Waals surface area contributed by atoms with Gasteiger partial charge in [0.15, 0.2) is 11.5 Å². The molecule has 5 aliphatic rings. The number of fused-ring (bicyclic) bond motifs is 4. The fourth-order valence-electron chi connectivity index (χ4n) is 10.7. The van der Waals surface area contributed by atoms with E-state index in [9.17, 15) is 14.7 Å². The number of rotatable bonds is 9. The van der Waals surface area contributed by atoms with Crippen LogP contribution in [0.3, 0.4) is 0 Å². The van der Waals surface area contributed by atoms with Crippen molar-refractivity contribution in [3.8, 4) is 17.2 Å². The van der Waals surface area contributed by atoms with Crippen LogP contribution in [0.15, 0.2) is 103 Å². The van der Waals surface area contributed by atoms with Gasteiger partial charge in [0.2, 0.25) is 11.8 Å². The lowest BCUT2D eigenvalue weighted by molar-refractivity contribution is -0.144. The standard InChI is InChI=1S/C46H44Cl2N4O7/c1-58-30-14-11-27(12-15-30)46-35(43(55)52(45(46)57)49-37-18-13-28(47)23-36(37)48)24-34-31(40(46)33-9-6-10-38(59-2)41(33)53)16-17-32-39(34)44(56)51(42(32)54)29-19-21-50(22-20-29)25-26-7-4-3-5-8-26/h3-16,18,23,29,32,34-35,39-40,49,53H,17,19-22,24-25H2,1-2H3/t32-,34+,35-,39-,40+,46+/m0/s1. The van der Waals surface area contributed by atoms with Gasteiger partial charge in [0.1, 0.15) is 5.75 Å².